The average molecular weight is 368 g/mol. The van der Waals surface area contributed by atoms with Gasteiger partial charge in [0.15, 0.2) is 0 Å². The largest absolute Gasteiger partial charge is 0.456 e. The second kappa shape index (κ2) is 6.67. The van der Waals surface area contributed by atoms with Crippen LogP contribution in [0.1, 0.15) is 44.0 Å². The first-order valence-electron chi connectivity index (χ1n) is 8.02. The van der Waals surface area contributed by atoms with Gasteiger partial charge in [-0.05, 0) is 39.3 Å². The number of amides is 1. The summed E-state index contributed by atoms with van der Waals surface area (Å²) in [6, 6.07) is 4.78. The zero-order chi connectivity index (χ0) is 19.0. The number of carbonyl (C=O) groups excluding carboxylic acids is 2. The first-order valence-corrected chi connectivity index (χ1v) is 9.87. The number of hydrogen-bond acceptors (Lipinski definition) is 5. The molecule has 1 aliphatic rings. The molecule has 0 saturated carbocycles. The van der Waals surface area contributed by atoms with Crippen molar-refractivity contribution in [3.63, 3.8) is 0 Å². The van der Waals surface area contributed by atoms with E-state index < -0.39 is 21.6 Å². The maximum absolute atomic E-state index is 12.6. The molecular weight excluding hydrogens is 344 g/mol. The van der Waals surface area contributed by atoms with E-state index in [1.807, 2.05) is 0 Å². The Bertz CT molecular complexity index is 796. The summed E-state index contributed by atoms with van der Waals surface area (Å²) in [5.41, 5.74) is -0.0503. The molecule has 1 aromatic rings. The monoisotopic (exact) mass is 368 g/mol. The third-order valence-electron chi connectivity index (χ3n) is 3.81. The fraction of sp³-hybridized carbons (Fsp3) is 0.529. The van der Waals surface area contributed by atoms with Gasteiger partial charge in [0.25, 0.3) is 0 Å². The van der Waals surface area contributed by atoms with Crippen LogP contribution in [0.5, 0.6) is 0 Å². The van der Waals surface area contributed by atoms with Gasteiger partial charge in [-0.3, -0.25) is 9.10 Å². The van der Waals surface area contributed by atoms with Gasteiger partial charge in [-0.1, -0.05) is 6.07 Å². The zero-order valence-corrected chi connectivity index (χ0v) is 16.0. The summed E-state index contributed by atoms with van der Waals surface area (Å²) in [6.07, 6.45) is 2.14. The van der Waals surface area contributed by atoms with Gasteiger partial charge in [0.1, 0.15) is 5.60 Å². The first-order chi connectivity index (χ1) is 11.4. The summed E-state index contributed by atoms with van der Waals surface area (Å²) in [5, 5.41) is 0. The highest BCUT2D eigenvalue weighted by molar-refractivity contribution is 7.92. The van der Waals surface area contributed by atoms with Gasteiger partial charge < -0.3 is 9.64 Å². The van der Waals surface area contributed by atoms with Crippen molar-refractivity contribution in [2.45, 2.75) is 39.2 Å². The smallest absolute Gasteiger partial charge is 0.340 e. The van der Waals surface area contributed by atoms with Crippen LogP contribution in [0.4, 0.5) is 11.4 Å². The Kier molecular flexibility index (Phi) is 5.13. The standard InChI is InChI=1S/C17H24N2O5S/c1-17(2,3)24-16(21)12-8-6-9-13(19-11-7-10-14(19)20)15(12)18(4)25(5,22)23/h6,8-9H,7,10-11H2,1-5H3. The molecule has 1 aliphatic heterocycles. The van der Waals surface area contributed by atoms with Gasteiger partial charge >= 0.3 is 5.97 Å². The summed E-state index contributed by atoms with van der Waals surface area (Å²) < 4.78 is 30.7. The molecule has 25 heavy (non-hydrogen) atoms. The summed E-state index contributed by atoms with van der Waals surface area (Å²) >= 11 is 0. The molecule has 0 unspecified atom stereocenters. The van der Waals surface area contributed by atoms with Gasteiger partial charge in [-0.2, -0.15) is 0 Å². The molecule has 1 fully saturated rings. The van der Waals surface area contributed by atoms with E-state index in [4.69, 9.17) is 4.74 Å². The highest BCUT2D eigenvalue weighted by Crippen LogP contribution is 2.36. The Labute approximate surface area is 148 Å². The van der Waals surface area contributed by atoms with Gasteiger partial charge in [0.2, 0.25) is 15.9 Å². The van der Waals surface area contributed by atoms with Gasteiger partial charge in [0.05, 0.1) is 23.2 Å². The number of anilines is 2. The van der Waals surface area contributed by atoms with Crippen molar-refractivity contribution in [2.75, 3.05) is 29.1 Å². The number of rotatable bonds is 4. The Balaban J connectivity index is 2.63. The van der Waals surface area contributed by atoms with Crippen molar-refractivity contribution < 1.29 is 22.7 Å². The minimum atomic E-state index is -3.64. The third kappa shape index (κ3) is 4.31. The van der Waals surface area contributed by atoms with E-state index in [1.54, 1.807) is 32.9 Å². The van der Waals surface area contributed by atoms with Crippen molar-refractivity contribution in [2.24, 2.45) is 0 Å². The molecule has 1 amide bonds. The Morgan fingerprint density at radius 1 is 1.28 bits per heavy atom. The number of para-hydroxylation sites is 1. The fourth-order valence-corrected chi connectivity index (χ4v) is 3.17. The van der Waals surface area contributed by atoms with Crippen molar-refractivity contribution in [1.29, 1.82) is 0 Å². The minimum Gasteiger partial charge on any atom is -0.456 e. The van der Waals surface area contributed by atoms with Crippen molar-refractivity contribution in [1.82, 2.24) is 0 Å². The molecular formula is C17H24N2O5S. The van der Waals surface area contributed by atoms with Gasteiger partial charge in [0, 0.05) is 20.0 Å². The second-order valence-corrected chi connectivity index (χ2v) is 9.07. The van der Waals surface area contributed by atoms with Crippen LogP contribution in [0.15, 0.2) is 18.2 Å². The third-order valence-corrected chi connectivity index (χ3v) is 4.99. The lowest BCUT2D eigenvalue weighted by atomic mass is 10.1. The van der Waals surface area contributed by atoms with Crippen LogP contribution in [0.3, 0.4) is 0 Å². The Morgan fingerprint density at radius 3 is 2.40 bits per heavy atom. The van der Waals surface area contributed by atoms with Crippen molar-refractivity contribution >= 4 is 33.3 Å². The summed E-state index contributed by atoms with van der Waals surface area (Å²) in [7, 11) is -2.27. The molecule has 138 valence electrons. The van der Waals surface area contributed by atoms with Crippen molar-refractivity contribution in [3.05, 3.63) is 23.8 Å². The van der Waals surface area contributed by atoms with Crippen LogP contribution in [-0.2, 0) is 19.6 Å². The highest BCUT2D eigenvalue weighted by atomic mass is 32.2. The highest BCUT2D eigenvalue weighted by Gasteiger charge is 2.31. The van der Waals surface area contributed by atoms with E-state index in [9.17, 15) is 18.0 Å². The van der Waals surface area contributed by atoms with Crippen LogP contribution < -0.4 is 9.21 Å². The molecule has 0 spiro atoms. The molecule has 0 N–H and O–H groups in total. The molecule has 0 bridgehead atoms. The summed E-state index contributed by atoms with van der Waals surface area (Å²) in [6.45, 7) is 5.69. The maximum atomic E-state index is 12.6. The summed E-state index contributed by atoms with van der Waals surface area (Å²) in [4.78, 5) is 26.3. The lowest BCUT2D eigenvalue weighted by molar-refractivity contribution is -0.117. The van der Waals surface area contributed by atoms with E-state index in [-0.39, 0.29) is 17.2 Å². The molecule has 0 radical (unpaired) electrons. The number of esters is 1. The SMILES string of the molecule is CN(c1c(C(=O)OC(C)(C)C)cccc1N1CCCC1=O)S(C)(=O)=O. The fourth-order valence-electron chi connectivity index (χ4n) is 2.65. The quantitative estimate of drug-likeness (QED) is 0.761. The summed E-state index contributed by atoms with van der Waals surface area (Å²) in [5.74, 6) is -0.726. The molecule has 0 aliphatic carbocycles. The van der Waals surface area contributed by atoms with E-state index in [0.717, 1.165) is 10.6 Å². The first kappa shape index (κ1) is 19.2. The predicted octanol–water partition coefficient (Wildman–Crippen LogP) is 2.16. The van der Waals surface area contributed by atoms with Crippen LogP contribution in [0.25, 0.3) is 0 Å². The second-order valence-electron chi connectivity index (χ2n) is 7.05. The number of carbonyl (C=O) groups is 2. The average Bonchev–Trinajstić information content (AvgIpc) is 2.89. The van der Waals surface area contributed by atoms with Crippen LogP contribution >= 0.6 is 0 Å². The molecule has 1 aromatic carbocycles. The molecule has 1 heterocycles. The molecule has 8 heteroatoms. The minimum absolute atomic E-state index is 0.0931. The topological polar surface area (TPSA) is 84.0 Å². The van der Waals surface area contributed by atoms with Crippen LogP contribution in [0.2, 0.25) is 0 Å². The van der Waals surface area contributed by atoms with Gasteiger partial charge in [-0.15, -0.1) is 0 Å². The Morgan fingerprint density at radius 2 is 1.92 bits per heavy atom. The van der Waals surface area contributed by atoms with E-state index in [0.29, 0.717) is 25.1 Å². The maximum Gasteiger partial charge on any atom is 0.340 e. The Hall–Kier alpha value is -2.09. The molecule has 7 nitrogen and oxygen atoms in total. The number of sulfonamides is 1. The lowest BCUT2D eigenvalue weighted by Crippen LogP contribution is -2.32. The number of ether oxygens (including phenoxy) is 1. The van der Waals surface area contributed by atoms with E-state index in [1.165, 1.54) is 18.0 Å². The molecule has 0 atom stereocenters. The van der Waals surface area contributed by atoms with Crippen LogP contribution in [0, 0.1) is 0 Å². The van der Waals surface area contributed by atoms with Crippen LogP contribution in [-0.4, -0.2) is 45.7 Å². The predicted molar refractivity (Wildman–Crippen MR) is 96.4 cm³/mol. The normalized spacial score (nSPS) is 15.4. The zero-order valence-electron chi connectivity index (χ0n) is 15.2. The number of hydrogen-bond donors (Lipinski definition) is 0. The van der Waals surface area contributed by atoms with E-state index >= 15 is 0 Å². The molecule has 1 saturated heterocycles. The molecule has 2 rings (SSSR count). The molecule has 0 aromatic heterocycles. The van der Waals surface area contributed by atoms with Crippen molar-refractivity contribution in [3.8, 4) is 0 Å². The number of nitrogens with zero attached hydrogens (tertiary/aromatic N) is 2. The number of benzene rings is 1. The van der Waals surface area contributed by atoms with Gasteiger partial charge in [-0.25, -0.2) is 13.2 Å². The van der Waals surface area contributed by atoms with E-state index in [2.05, 4.69) is 0 Å². The lowest BCUT2D eigenvalue weighted by Gasteiger charge is -2.28.